The number of halogens is 1. The molecule has 3 N–H and O–H groups in total. The van der Waals surface area contributed by atoms with Crippen LogP contribution in [0.25, 0.3) is 0 Å². The molecule has 1 aromatic rings. The van der Waals surface area contributed by atoms with Crippen molar-refractivity contribution in [2.24, 2.45) is 0 Å². The molecule has 0 spiro atoms. The van der Waals surface area contributed by atoms with Gasteiger partial charge in [0.1, 0.15) is 12.3 Å². The smallest absolute Gasteiger partial charge is 0.330 e. The van der Waals surface area contributed by atoms with E-state index < -0.39 is 36.0 Å². The van der Waals surface area contributed by atoms with E-state index in [4.69, 9.17) is 19.7 Å². The van der Waals surface area contributed by atoms with E-state index >= 15 is 0 Å². The van der Waals surface area contributed by atoms with Crippen LogP contribution in [0.5, 0.6) is 0 Å². The van der Waals surface area contributed by atoms with Crippen LogP contribution in [-0.4, -0.2) is 51.8 Å². The molecule has 1 rings (SSSR count). The number of nitrogens with zero attached hydrogens (tertiary/aromatic N) is 1. The van der Waals surface area contributed by atoms with Gasteiger partial charge in [-0.1, -0.05) is 0 Å². The fraction of sp³-hybridized carbons (Fsp3) is 0.692. The second kappa shape index (κ2) is 8.79. The van der Waals surface area contributed by atoms with Crippen molar-refractivity contribution in [2.45, 2.75) is 38.7 Å². The Bertz CT molecular complexity index is 570. The third kappa shape index (κ3) is 5.68. The van der Waals surface area contributed by atoms with Crippen LogP contribution in [0.15, 0.2) is 15.8 Å². The van der Waals surface area contributed by atoms with Gasteiger partial charge in [0.25, 0.3) is 5.56 Å². The van der Waals surface area contributed by atoms with Crippen molar-refractivity contribution < 1.29 is 24.1 Å². The molecule has 0 aromatic carbocycles. The quantitative estimate of drug-likeness (QED) is 0.522. The van der Waals surface area contributed by atoms with Crippen molar-refractivity contribution in [2.75, 3.05) is 19.8 Å². The lowest BCUT2D eigenvalue weighted by Gasteiger charge is -2.22. The Balaban J connectivity index is 2.78. The van der Waals surface area contributed by atoms with Crippen LogP contribution in [0.1, 0.15) is 26.5 Å². The first-order chi connectivity index (χ1) is 10.3. The summed E-state index contributed by atoms with van der Waals surface area (Å²) in [7, 11) is 0. The van der Waals surface area contributed by atoms with Gasteiger partial charge in [-0.25, -0.2) is 4.79 Å². The first-order valence-electron chi connectivity index (χ1n) is 6.88. The molecule has 1 aromatic heterocycles. The van der Waals surface area contributed by atoms with E-state index in [1.165, 1.54) is 0 Å². The maximum Gasteiger partial charge on any atom is 0.330 e. The van der Waals surface area contributed by atoms with Crippen LogP contribution in [0, 0.1) is 5.82 Å². The zero-order valence-corrected chi connectivity index (χ0v) is 12.5. The highest BCUT2D eigenvalue weighted by molar-refractivity contribution is 4.88. The SMILES string of the molecule is CC(C)O[C@H](CCOCC(O)CO)n1cc(F)c(=O)[nH]c1=O. The number of aliphatic hydroxyl groups excluding tert-OH is 2. The number of ether oxygens (including phenoxy) is 2. The number of rotatable bonds is 9. The van der Waals surface area contributed by atoms with Crippen LogP contribution in [-0.2, 0) is 9.47 Å². The second-order valence-electron chi connectivity index (χ2n) is 4.98. The van der Waals surface area contributed by atoms with E-state index in [-0.39, 0.29) is 25.7 Å². The van der Waals surface area contributed by atoms with Crippen molar-refractivity contribution >= 4 is 0 Å². The molecule has 0 aliphatic heterocycles. The average molecular weight is 320 g/mol. The van der Waals surface area contributed by atoms with Gasteiger partial charge in [0.2, 0.25) is 5.82 Å². The third-order valence-corrected chi connectivity index (χ3v) is 2.69. The fourth-order valence-electron chi connectivity index (χ4n) is 1.72. The first kappa shape index (κ1) is 18.5. The summed E-state index contributed by atoms with van der Waals surface area (Å²) in [6.45, 7) is 3.12. The summed E-state index contributed by atoms with van der Waals surface area (Å²) in [6, 6.07) is 0. The van der Waals surface area contributed by atoms with E-state index in [0.717, 1.165) is 10.8 Å². The van der Waals surface area contributed by atoms with E-state index in [1.807, 2.05) is 4.98 Å². The molecule has 1 heterocycles. The van der Waals surface area contributed by atoms with E-state index in [0.29, 0.717) is 0 Å². The molecule has 0 saturated heterocycles. The Morgan fingerprint density at radius 3 is 2.68 bits per heavy atom. The molecule has 126 valence electrons. The highest BCUT2D eigenvalue weighted by Crippen LogP contribution is 2.14. The van der Waals surface area contributed by atoms with Crippen molar-refractivity contribution in [3.05, 3.63) is 32.9 Å². The molecule has 0 aliphatic rings. The summed E-state index contributed by atoms with van der Waals surface area (Å²) in [5.41, 5.74) is -1.88. The van der Waals surface area contributed by atoms with Gasteiger partial charge in [-0.15, -0.1) is 0 Å². The van der Waals surface area contributed by atoms with Gasteiger partial charge in [-0.05, 0) is 13.8 Å². The lowest BCUT2D eigenvalue weighted by molar-refractivity contribution is -0.0656. The first-order valence-corrected chi connectivity index (χ1v) is 6.88. The topological polar surface area (TPSA) is 114 Å². The molecule has 0 saturated carbocycles. The fourth-order valence-corrected chi connectivity index (χ4v) is 1.72. The second-order valence-corrected chi connectivity index (χ2v) is 4.98. The molecule has 1 unspecified atom stereocenters. The molecule has 22 heavy (non-hydrogen) atoms. The molecular formula is C13H21FN2O6. The normalized spacial score (nSPS) is 14.3. The lowest BCUT2D eigenvalue weighted by Crippen LogP contribution is -2.36. The van der Waals surface area contributed by atoms with Gasteiger partial charge >= 0.3 is 5.69 Å². The van der Waals surface area contributed by atoms with Crippen molar-refractivity contribution in [3.8, 4) is 0 Å². The van der Waals surface area contributed by atoms with Crippen LogP contribution in [0.4, 0.5) is 4.39 Å². The predicted molar refractivity (Wildman–Crippen MR) is 75.1 cm³/mol. The standard InChI is InChI=1S/C13H21FN2O6/c1-8(2)22-11(3-4-21-7-9(18)6-17)16-5-10(14)12(19)15-13(16)20/h5,8-9,11,17-18H,3-4,6-7H2,1-2H3,(H,15,19,20)/t9?,11-/m1/s1. The molecule has 9 heteroatoms. The minimum absolute atomic E-state index is 0.0697. The van der Waals surface area contributed by atoms with Crippen LogP contribution in [0.2, 0.25) is 0 Å². The largest absolute Gasteiger partial charge is 0.394 e. The molecule has 0 bridgehead atoms. The summed E-state index contributed by atoms with van der Waals surface area (Å²) < 4.78 is 25.0. The molecule has 0 aliphatic carbocycles. The van der Waals surface area contributed by atoms with E-state index in [2.05, 4.69) is 0 Å². The van der Waals surface area contributed by atoms with Gasteiger partial charge in [0, 0.05) is 6.42 Å². The Morgan fingerprint density at radius 2 is 2.09 bits per heavy atom. The zero-order valence-electron chi connectivity index (χ0n) is 12.5. The Morgan fingerprint density at radius 1 is 1.41 bits per heavy atom. The Hall–Kier alpha value is -1.55. The number of aliphatic hydroxyl groups is 2. The maximum absolute atomic E-state index is 13.3. The number of hydrogen-bond donors (Lipinski definition) is 3. The Kier molecular flexibility index (Phi) is 7.39. The minimum atomic E-state index is -1.09. The monoisotopic (exact) mass is 320 g/mol. The van der Waals surface area contributed by atoms with Gasteiger partial charge in [-0.2, -0.15) is 4.39 Å². The average Bonchev–Trinajstić information content (AvgIpc) is 2.45. The van der Waals surface area contributed by atoms with Gasteiger partial charge in [0.15, 0.2) is 0 Å². The molecule has 0 fully saturated rings. The van der Waals surface area contributed by atoms with E-state index in [1.54, 1.807) is 13.8 Å². The number of hydrogen-bond acceptors (Lipinski definition) is 6. The molecule has 8 nitrogen and oxygen atoms in total. The summed E-state index contributed by atoms with van der Waals surface area (Å²) in [4.78, 5) is 24.7. The number of aromatic amines is 1. The number of nitrogens with one attached hydrogen (secondary N) is 1. The summed E-state index contributed by atoms with van der Waals surface area (Å²) in [5.74, 6) is -1.09. The summed E-state index contributed by atoms with van der Waals surface area (Å²) >= 11 is 0. The zero-order chi connectivity index (χ0) is 16.7. The molecule has 2 atom stereocenters. The highest BCUT2D eigenvalue weighted by atomic mass is 19.1. The summed E-state index contributed by atoms with van der Waals surface area (Å²) in [6.07, 6.45) is -1.07. The molecule has 0 amide bonds. The van der Waals surface area contributed by atoms with Crippen molar-refractivity contribution in [3.63, 3.8) is 0 Å². The van der Waals surface area contributed by atoms with Crippen molar-refractivity contribution in [1.82, 2.24) is 9.55 Å². The van der Waals surface area contributed by atoms with Crippen molar-refractivity contribution in [1.29, 1.82) is 0 Å². The molecule has 0 radical (unpaired) electrons. The lowest BCUT2D eigenvalue weighted by atomic mass is 10.3. The van der Waals surface area contributed by atoms with Crippen LogP contribution in [0.3, 0.4) is 0 Å². The summed E-state index contributed by atoms with van der Waals surface area (Å²) in [5, 5.41) is 17.8. The van der Waals surface area contributed by atoms with E-state index in [9.17, 15) is 14.0 Å². The number of H-pyrrole nitrogens is 1. The van der Waals surface area contributed by atoms with Gasteiger partial charge in [0.05, 0.1) is 32.1 Å². The molecular weight excluding hydrogens is 299 g/mol. The number of aromatic nitrogens is 2. The van der Waals surface area contributed by atoms with Crippen LogP contribution >= 0.6 is 0 Å². The predicted octanol–water partition coefficient (Wildman–Crippen LogP) is -0.641. The van der Waals surface area contributed by atoms with Crippen LogP contribution < -0.4 is 11.2 Å². The minimum Gasteiger partial charge on any atom is -0.394 e. The Labute approximate surface area is 126 Å². The highest BCUT2D eigenvalue weighted by Gasteiger charge is 2.17. The third-order valence-electron chi connectivity index (χ3n) is 2.69. The maximum atomic E-state index is 13.3. The van der Waals surface area contributed by atoms with Gasteiger partial charge < -0.3 is 19.7 Å². The van der Waals surface area contributed by atoms with Gasteiger partial charge in [-0.3, -0.25) is 14.3 Å².